The van der Waals surface area contributed by atoms with Crippen molar-refractivity contribution in [2.45, 2.75) is 25.7 Å². The molecule has 0 aromatic heterocycles. The second kappa shape index (κ2) is 3.13. The molecule has 2 rings (SSSR count). The van der Waals surface area contributed by atoms with Crippen molar-refractivity contribution in [3.8, 4) is 0 Å². The Labute approximate surface area is 78.5 Å². The number of hydrogen-bond donors (Lipinski definition) is 0. The molecule has 0 spiro atoms. The van der Waals surface area contributed by atoms with Gasteiger partial charge in [-0.25, -0.2) is 0 Å². The van der Waals surface area contributed by atoms with Crippen LogP contribution in [0.5, 0.6) is 0 Å². The maximum Gasteiger partial charge on any atom is 0.163 e. The molecule has 1 heterocycles. The molecular weight excluding hydrogens is 164 g/mol. The van der Waals surface area contributed by atoms with E-state index in [4.69, 9.17) is 9.47 Å². The normalized spacial score (nSPS) is 26.2. The standard InChI is InChI=1S/C11H14O2/c1-11(2)12-8-10(13-11)9-6-4-3-5-7-9/h3-7,10H,8H2,1-2H3/t10-/m1/s1. The van der Waals surface area contributed by atoms with Crippen molar-refractivity contribution < 1.29 is 9.47 Å². The molecular formula is C11H14O2. The lowest BCUT2D eigenvalue weighted by Crippen LogP contribution is -2.19. The van der Waals surface area contributed by atoms with Gasteiger partial charge in [-0.1, -0.05) is 30.3 Å². The Morgan fingerprint density at radius 1 is 1.23 bits per heavy atom. The van der Waals surface area contributed by atoms with E-state index in [2.05, 4.69) is 12.1 Å². The first-order valence-corrected chi connectivity index (χ1v) is 4.54. The zero-order valence-electron chi connectivity index (χ0n) is 7.99. The fraction of sp³-hybridized carbons (Fsp3) is 0.455. The molecule has 1 aromatic carbocycles. The van der Waals surface area contributed by atoms with Gasteiger partial charge in [0.15, 0.2) is 5.79 Å². The average Bonchev–Trinajstić information content (AvgIpc) is 2.48. The molecule has 70 valence electrons. The molecule has 0 N–H and O–H groups in total. The highest BCUT2D eigenvalue weighted by molar-refractivity contribution is 5.18. The minimum atomic E-state index is -0.430. The van der Waals surface area contributed by atoms with Gasteiger partial charge in [0.05, 0.1) is 6.61 Å². The van der Waals surface area contributed by atoms with Crippen LogP contribution in [0.3, 0.4) is 0 Å². The molecule has 2 heteroatoms. The van der Waals surface area contributed by atoms with Crippen molar-refractivity contribution in [3.05, 3.63) is 35.9 Å². The Morgan fingerprint density at radius 3 is 2.46 bits per heavy atom. The van der Waals surface area contributed by atoms with Gasteiger partial charge in [-0.3, -0.25) is 0 Å². The average molecular weight is 178 g/mol. The largest absolute Gasteiger partial charge is 0.347 e. The molecule has 1 aliphatic heterocycles. The predicted molar refractivity (Wildman–Crippen MR) is 50.3 cm³/mol. The van der Waals surface area contributed by atoms with Crippen LogP contribution in [0, 0.1) is 0 Å². The van der Waals surface area contributed by atoms with E-state index in [1.165, 1.54) is 5.56 Å². The van der Waals surface area contributed by atoms with Crippen LogP contribution in [0.4, 0.5) is 0 Å². The summed E-state index contributed by atoms with van der Waals surface area (Å²) < 4.78 is 11.2. The second-order valence-corrected chi connectivity index (χ2v) is 3.73. The number of ether oxygens (including phenoxy) is 2. The highest BCUT2D eigenvalue weighted by atomic mass is 16.7. The Bertz CT molecular complexity index is 279. The van der Waals surface area contributed by atoms with Gasteiger partial charge in [0, 0.05) is 0 Å². The zero-order chi connectivity index (χ0) is 9.31. The molecule has 1 fully saturated rings. The van der Waals surface area contributed by atoms with Crippen LogP contribution in [0.2, 0.25) is 0 Å². The number of benzene rings is 1. The first-order valence-electron chi connectivity index (χ1n) is 4.54. The van der Waals surface area contributed by atoms with E-state index in [1.807, 2.05) is 32.0 Å². The lowest BCUT2D eigenvalue weighted by Gasteiger charge is -2.16. The fourth-order valence-corrected chi connectivity index (χ4v) is 1.52. The van der Waals surface area contributed by atoms with E-state index in [1.54, 1.807) is 0 Å². The Kier molecular flexibility index (Phi) is 2.10. The maximum atomic E-state index is 5.71. The molecule has 1 aromatic rings. The van der Waals surface area contributed by atoms with Gasteiger partial charge in [-0.2, -0.15) is 0 Å². The van der Waals surface area contributed by atoms with Gasteiger partial charge in [0.2, 0.25) is 0 Å². The van der Waals surface area contributed by atoms with Crippen LogP contribution in [-0.4, -0.2) is 12.4 Å². The van der Waals surface area contributed by atoms with Crippen molar-refractivity contribution in [1.82, 2.24) is 0 Å². The van der Waals surface area contributed by atoms with Crippen molar-refractivity contribution >= 4 is 0 Å². The lowest BCUT2D eigenvalue weighted by atomic mass is 10.1. The summed E-state index contributed by atoms with van der Waals surface area (Å²) in [6.07, 6.45) is 0.0937. The molecule has 0 unspecified atom stereocenters. The van der Waals surface area contributed by atoms with Crippen molar-refractivity contribution in [3.63, 3.8) is 0 Å². The summed E-state index contributed by atoms with van der Waals surface area (Å²) in [5.41, 5.74) is 1.19. The Balaban J connectivity index is 2.13. The quantitative estimate of drug-likeness (QED) is 0.657. The summed E-state index contributed by atoms with van der Waals surface area (Å²) in [6.45, 7) is 4.53. The van der Waals surface area contributed by atoms with Crippen LogP contribution < -0.4 is 0 Å². The van der Waals surface area contributed by atoms with Gasteiger partial charge >= 0.3 is 0 Å². The molecule has 13 heavy (non-hydrogen) atoms. The van der Waals surface area contributed by atoms with Crippen LogP contribution in [0.1, 0.15) is 25.5 Å². The van der Waals surface area contributed by atoms with E-state index in [-0.39, 0.29) is 6.10 Å². The van der Waals surface area contributed by atoms with E-state index in [0.29, 0.717) is 6.61 Å². The molecule has 2 nitrogen and oxygen atoms in total. The predicted octanol–water partition coefficient (Wildman–Crippen LogP) is 2.51. The van der Waals surface area contributed by atoms with Gasteiger partial charge in [0.25, 0.3) is 0 Å². The van der Waals surface area contributed by atoms with Gasteiger partial charge < -0.3 is 9.47 Å². The Morgan fingerprint density at radius 2 is 1.92 bits per heavy atom. The number of rotatable bonds is 1. The van der Waals surface area contributed by atoms with E-state index < -0.39 is 5.79 Å². The third-order valence-electron chi connectivity index (χ3n) is 2.18. The minimum absolute atomic E-state index is 0.0937. The highest BCUT2D eigenvalue weighted by Gasteiger charge is 2.33. The molecule has 1 saturated heterocycles. The van der Waals surface area contributed by atoms with E-state index >= 15 is 0 Å². The third-order valence-corrected chi connectivity index (χ3v) is 2.18. The molecule has 0 aliphatic carbocycles. The summed E-state index contributed by atoms with van der Waals surface area (Å²) in [7, 11) is 0. The van der Waals surface area contributed by atoms with Gasteiger partial charge in [-0.05, 0) is 19.4 Å². The molecule has 0 saturated carbocycles. The SMILES string of the molecule is CC1(C)OC[C@H](c2ccccc2)O1. The third kappa shape index (κ3) is 1.90. The molecule has 0 radical (unpaired) electrons. The number of hydrogen-bond acceptors (Lipinski definition) is 2. The smallest absolute Gasteiger partial charge is 0.163 e. The summed E-state index contributed by atoms with van der Waals surface area (Å²) in [5, 5.41) is 0. The van der Waals surface area contributed by atoms with Gasteiger partial charge in [-0.15, -0.1) is 0 Å². The van der Waals surface area contributed by atoms with Crippen molar-refractivity contribution in [1.29, 1.82) is 0 Å². The summed E-state index contributed by atoms with van der Waals surface area (Å²) in [6, 6.07) is 10.2. The van der Waals surface area contributed by atoms with Crippen LogP contribution in [-0.2, 0) is 9.47 Å². The first kappa shape index (κ1) is 8.73. The Hall–Kier alpha value is -0.860. The molecule has 1 atom stereocenters. The zero-order valence-corrected chi connectivity index (χ0v) is 7.99. The minimum Gasteiger partial charge on any atom is -0.347 e. The van der Waals surface area contributed by atoms with Crippen LogP contribution >= 0.6 is 0 Å². The fourth-order valence-electron chi connectivity index (χ4n) is 1.52. The molecule has 0 amide bonds. The van der Waals surface area contributed by atoms with Gasteiger partial charge in [0.1, 0.15) is 6.10 Å². The van der Waals surface area contributed by atoms with E-state index in [0.717, 1.165) is 0 Å². The van der Waals surface area contributed by atoms with Crippen molar-refractivity contribution in [2.75, 3.05) is 6.61 Å². The second-order valence-electron chi connectivity index (χ2n) is 3.73. The lowest BCUT2D eigenvalue weighted by molar-refractivity contribution is -0.139. The van der Waals surface area contributed by atoms with Crippen LogP contribution in [0.15, 0.2) is 30.3 Å². The van der Waals surface area contributed by atoms with Crippen LogP contribution in [0.25, 0.3) is 0 Å². The first-order chi connectivity index (χ1) is 6.17. The molecule has 0 bridgehead atoms. The topological polar surface area (TPSA) is 18.5 Å². The monoisotopic (exact) mass is 178 g/mol. The summed E-state index contributed by atoms with van der Waals surface area (Å²) >= 11 is 0. The van der Waals surface area contributed by atoms with Crippen molar-refractivity contribution in [2.24, 2.45) is 0 Å². The molecule has 1 aliphatic rings. The van der Waals surface area contributed by atoms with E-state index in [9.17, 15) is 0 Å². The highest BCUT2D eigenvalue weighted by Crippen LogP contribution is 2.32. The maximum absolute atomic E-state index is 5.71. The summed E-state index contributed by atoms with van der Waals surface area (Å²) in [4.78, 5) is 0. The summed E-state index contributed by atoms with van der Waals surface area (Å²) in [5.74, 6) is -0.430.